The number of benzene rings is 2. The number of nitrogens with one attached hydrogen (secondary N) is 1. The Morgan fingerprint density at radius 2 is 1.44 bits per heavy atom. The number of anilines is 1. The Balaban J connectivity index is 1.95. The van der Waals surface area contributed by atoms with Crippen molar-refractivity contribution in [2.45, 2.75) is 29.1 Å². The molecule has 1 fully saturated rings. The van der Waals surface area contributed by atoms with Crippen molar-refractivity contribution in [3.63, 3.8) is 0 Å². The maximum absolute atomic E-state index is 12.9. The van der Waals surface area contributed by atoms with Crippen molar-refractivity contribution < 1.29 is 16.8 Å². The van der Waals surface area contributed by atoms with Crippen LogP contribution in [0, 0.1) is 0 Å². The SMILES string of the molecule is O=S(=O)(Nc1ccc(Cl)c(S(=O)(=O)N2CCCCC2)c1)c1ccccc1Cl. The summed E-state index contributed by atoms with van der Waals surface area (Å²) in [4.78, 5) is -0.215. The summed E-state index contributed by atoms with van der Waals surface area (Å²) in [6.45, 7) is 0.850. The van der Waals surface area contributed by atoms with Crippen LogP contribution in [0.2, 0.25) is 10.0 Å². The van der Waals surface area contributed by atoms with E-state index in [0.717, 1.165) is 19.3 Å². The molecule has 0 spiro atoms. The smallest absolute Gasteiger partial charge is 0.263 e. The van der Waals surface area contributed by atoms with Crippen LogP contribution in [0.3, 0.4) is 0 Å². The zero-order valence-corrected chi connectivity index (χ0v) is 17.4. The fourth-order valence-electron chi connectivity index (χ4n) is 2.88. The van der Waals surface area contributed by atoms with Crippen LogP contribution in [-0.2, 0) is 20.0 Å². The van der Waals surface area contributed by atoms with E-state index < -0.39 is 20.0 Å². The van der Waals surface area contributed by atoms with Gasteiger partial charge in [0.15, 0.2) is 0 Å². The molecule has 1 aliphatic rings. The van der Waals surface area contributed by atoms with Crippen LogP contribution in [0.15, 0.2) is 52.3 Å². The zero-order valence-electron chi connectivity index (χ0n) is 14.2. The average molecular weight is 449 g/mol. The van der Waals surface area contributed by atoms with Crippen molar-refractivity contribution in [3.05, 3.63) is 52.5 Å². The Kier molecular flexibility index (Phi) is 6.02. The third-order valence-electron chi connectivity index (χ3n) is 4.24. The first kappa shape index (κ1) is 20.4. The molecule has 0 unspecified atom stereocenters. The maximum atomic E-state index is 12.9. The largest absolute Gasteiger partial charge is 0.280 e. The third-order valence-corrected chi connectivity index (χ3v) is 8.50. The lowest BCUT2D eigenvalue weighted by molar-refractivity contribution is 0.346. The highest BCUT2D eigenvalue weighted by Crippen LogP contribution is 2.31. The molecule has 3 rings (SSSR count). The summed E-state index contributed by atoms with van der Waals surface area (Å²) in [5, 5.41) is 0.112. The molecule has 27 heavy (non-hydrogen) atoms. The van der Waals surface area contributed by atoms with E-state index >= 15 is 0 Å². The van der Waals surface area contributed by atoms with Crippen LogP contribution in [0.4, 0.5) is 5.69 Å². The Labute approximate surface area is 169 Å². The summed E-state index contributed by atoms with van der Waals surface area (Å²) in [5.41, 5.74) is 0.0925. The number of rotatable bonds is 5. The standard InChI is InChI=1S/C17H18Cl2N2O4S2/c18-14-6-2-3-7-16(14)26(22,23)20-13-8-9-15(19)17(12-13)27(24,25)21-10-4-1-5-11-21/h2-3,6-9,12,20H,1,4-5,10-11H2. The molecular weight excluding hydrogens is 431 g/mol. The molecule has 0 bridgehead atoms. The van der Waals surface area contributed by atoms with Crippen molar-refractivity contribution in [2.24, 2.45) is 0 Å². The first-order chi connectivity index (χ1) is 12.7. The molecule has 0 aliphatic carbocycles. The monoisotopic (exact) mass is 448 g/mol. The first-order valence-corrected chi connectivity index (χ1v) is 12.0. The highest BCUT2D eigenvalue weighted by Gasteiger charge is 2.29. The quantitative estimate of drug-likeness (QED) is 0.749. The van der Waals surface area contributed by atoms with Crippen molar-refractivity contribution >= 4 is 48.9 Å². The van der Waals surface area contributed by atoms with Crippen molar-refractivity contribution in [1.82, 2.24) is 4.31 Å². The molecule has 0 atom stereocenters. The Hall–Kier alpha value is -1.32. The van der Waals surface area contributed by atoms with E-state index in [-0.39, 0.29) is 25.5 Å². The maximum Gasteiger partial charge on any atom is 0.263 e. The van der Waals surface area contributed by atoms with E-state index in [9.17, 15) is 16.8 Å². The number of piperidine rings is 1. The van der Waals surface area contributed by atoms with Crippen LogP contribution in [0.25, 0.3) is 0 Å². The highest BCUT2D eigenvalue weighted by atomic mass is 35.5. The Morgan fingerprint density at radius 3 is 2.11 bits per heavy atom. The van der Waals surface area contributed by atoms with Gasteiger partial charge in [-0.1, -0.05) is 41.8 Å². The van der Waals surface area contributed by atoms with Gasteiger partial charge in [0.25, 0.3) is 10.0 Å². The van der Waals surface area contributed by atoms with Crippen molar-refractivity contribution in [2.75, 3.05) is 17.8 Å². The second-order valence-corrected chi connectivity index (χ2v) is 10.5. The lowest BCUT2D eigenvalue weighted by Gasteiger charge is -2.26. The summed E-state index contributed by atoms with van der Waals surface area (Å²) >= 11 is 12.1. The molecule has 1 saturated heterocycles. The van der Waals surface area contributed by atoms with Gasteiger partial charge in [0, 0.05) is 13.1 Å². The zero-order chi connectivity index (χ0) is 19.7. The minimum atomic E-state index is -3.98. The molecule has 0 amide bonds. The van der Waals surface area contributed by atoms with Gasteiger partial charge >= 0.3 is 0 Å². The van der Waals surface area contributed by atoms with Gasteiger partial charge in [-0.2, -0.15) is 4.31 Å². The molecular formula is C17H18Cl2N2O4S2. The molecule has 0 aromatic heterocycles. The van der Waals surface area contributed by atoms with Crippen molar-refractivity contribution in [1.29, 1.82) is 0 Å². The van der Waals surface area contributed by atoms with Crippen molar-refractivity contribution in [3.8, 4) is 0 Å². The molecule has 1 heterocycles. The van der Waals surface area contributed by atoms with Gasteiger partial charge in [-0.05, 0) is 43.2 Å². The summed E-state index contributed by atoms with van der Waals surface area (Å²) in [6.07, 6.45) is 2.56. The van der Waals surface area contributed by atoms with E-state index in [1.54, 1.807) is 12.1 Å². The van der Waals surface area contributed by atoms with Crippen LogP contribution < -0.4 is 4.72 Å². The predicted molar refractivity (Wildman–Crippen MR) is 106 cm³/mol. The molecule has 0 saturated carbocycles. The summed E-state index contributed by atoms with van der Waals surface area (Å²) < 4.78 is 54.7. The van der Waals surface area contributed by atoms with E-state index in [1.165, 1.54) is 34.6 Å². The minimum Gasteiger partial charge on any atom is -0.280 e. The summed E-state index contributed by atoms with van der Waals surface area (Å²) in [5.74, 6) is 0. The van der Waals surface area contributed by atoms with Gasteiger partial charge in [-0.15, -0.1) is 0 Å². The number of hydrogen-bond acceptors (Lipinski definition) is 4. The van der Waals surface area contributed by atoms with Gasteiger partial charge in [0.05, 0.1) is 15.7 Å². The molecule has 2 aromatic carbocycles. The lowest BCUT2D eigenvalue weighted by Crippen LogP contribution is -2.35. The average Bonchev–Trinajstić information content (AvgIpc) is 2.64. The number of hydrogen-bond donors (Lipinski definition) is 1. The minimum absolute atomic E-state index is 0.0428. The van der Waals surface area contributed by atoms with Crippen LogP contribution in [0.5, 0.6) is 0 Å². The fraction of sp³-hybridized carbons (Fsp3) is 0.294. The van der Waals surface area contributed by atoms with Gasteiger partial charge in [-0.3, -0.25) is 4.72 Å². The second-order valence-electron chi connectivity index (χ2n) is 6.15. The Morgan fingerprint density at radius 1 is 0.815 bits per heavy atom. The molecule has 2 aromatic rings. The van der Waals surface area contributed by atoms with E-state index in [4.69, 9.17) is 23.2 Å². The summed E-state index contributed by atoms with van der Waals surface area (Å²) in [7, 11) is -7.78. The van der Waals surface area contributed by atoms with Gasteiger partial charge in [-0.25, -0.2) is 16.8 Å². The molecule has 146 valence electrons. The van der Waals surface area contributed by atoms with E-state index in [1.807, 2.05) is 0 Å². The summed E-state index contributed by atoms with van der Waals surface area (Å²) in [6, 6.07) is 10.0. The van der Waals surface area contributed by atoms with Crippen LogP contribution in [0.1, 0.15) is 19.3 Å². The predicted octanol–water partition coefficient (Wildman–Crippen LogP) is 3.97. The normalized spacial score (nSPS) is 16.2. The third kappa shape index (κ3) is 4.41. The van der Waals surface area contributed by atoms with Crippen LogP contribution in [-0.4, -0.2) is 34.2 Å². The molecule has 6 nitrogen and oxygen atoms in total. The molecule has 0 radical (unpaired) electrons. The van der Waals surface area contributed by atoms with Gasteiger partial charge in [0.1, 0.15) is 9.79 Å². The molecule has 1 aliphatic heterocycles. The topological polar surface area (TPSA) is 83.5 Å². The fourth-order valence-corrected chi connectivity index (χ4v) is 6.47. The number of nitrogens with zero attached hydrogens (tertiary/aromatic N) is 1. The number of halogens is 2. The molecule has 1 N–H and O–H groups in total. The number of sulfonamides is 2. The van der Waals surface area contributed by atoms with E-state index in [2.05, 4.69) is 4.72 Å². The lowest BCUT2D eigenvalue weighted by atomic mass is 10.2. The highest BCUT2D eigenvalue weighted by molar-refractivity contribution is 7.93. The second kappa shape index (κ2) is 7.97. The first-order valence-electron chi connectivity index (χ1n) is 8.29. The Bertz CT molecular complexity index is 1050. The molecule has 10 heteroatoms. The van der Waals surface area contributed by atoms with Gasteiger partial charge < -0.3 is 0 Å². The van der Waals surface area contributed by atoms with Crippen LogP contribution >= 0.6 is 23.2 Å². The van der Waals surface area contributed by atoms with E-state index in [0.29, 0.717) is 13.1 Å². The van der Waals surface area contributed by atoms with Gasteiger partial charge in [0.2, 0.25) is 10.0 Å².